The smallest absolute Gasteiger partial charge is 0.130 e. The first kappa shape index (κ1) is 15.4. The monoisotopic (exact) mass is 292 g/mol. The lowest BCUT2D eigenvalue weighted by atomic mass is 9.98. The molecule has 0 aromatic heterocycles. The Hall–Kier alpha value is -1.98. The summed E-state index contributed by atoms with van der Waals surface area (Å²) < 4.78 is 32.6. The summed E-state index contributed by atoms with van der Waals surface area (Å²) >= 11 is 0. The van der Waals surface area contributed by atoms with Crippen LogP contribution in [0.1, 0.15) is 23.6 Å². The maximum Gasteiger partial charge on any atom is 0.130 e. The lowest BCUT2D eigenvalue weighted by molar-refractivity contribution is 0.414. The van der Waals surface area contributed by atoms with Crippen molar-refractivity contribution in [2.75, 3.05) is 7.11 Å². The highest BCUT2D eigenvalue weighted by Gasteiger charge is 2.18. The zero-order valence-corrected chi connectivity index (χ0v) is 11.8. The fourth-order valence-electron chi connectivity index (χ4n) is 2.26. The second kappa shape index (κ2) is 7.15. The van der Waals surface area contributed by atoms with Gasteiger partial charge in [0.1, 0.15) is 17.4 Å². The molecule has 0 saturated carbocycles. The molecular formula is C16H18F2N2O. The highest BCUT2D eigenvalue weighted by molar-refractivity contribution is 5.28. The van der Waals surface area contributed by atoms with Crippen LogP contribution >= 0.6 is 0 Å². The summed E-state index contributed by atoms with van der Waals surface area (Å²) in [7, 11) is 1.60. The SMILES string of the molecule is COc1ccc(CCC(NN)c2c(F)cccc2F)cc1. The average molecular weight is 292 g/mol. The van der Waals surface area contributed by atoms with E-state index in [0.29, 0.717) is 12.8 Å². The van der Waals surface area contributed by atoms with Crippen LogP contribution in [0.25, 0.3) is 0 Å². The largest absolute Gasteiger partial charge is 0.497 e. The van der Waals surface area contributed by atoms with E-state index in [-0.39, 0.29) is 5.56 Å². The number of methoxy groups -OCH3 is 1. The molecule has 2 aromatic rings. The molecule has 0 fully saturated rings. The van der Waals surface area contributed by atoms with E-state index >= 15 is 0 Å². The van der Waals surface area contributed by atoms with Crippen molar-refractivity contribution in [1.82, 2.24) is 5.43 Å². The summed E-state index contributed by atoms with van der Waals surface area (Å²) in [5.41, 5.74) is 3.52. The minimum atomic E-state index is -0.590. The maximum absolute atomic E-state index is 13.8. The van der Waals surface area contributed by atoms with Crippen LogP contribution in [-0.4, -0.2) is 7.11 Å². The van der Waals surface area contributed by atoms with Gasteiger partial charge < -0.3 is 4.74 Å². The Bertz CT molecular complexity index is 567. The predicted octanol–water partition coefficient (Wildman–Crippen LogP) is 3.11. The van der Waals surface area contributed by atoms with Crippen LogP contribution in [0.2, 0.25) is 0 Å². The molecule has 0 spiro atoms. The van der Waals surface area contributed by atoms with Gasteiger partial charge in [0.25, 0.3) is 0 Å². The molecule has 2 aromatic carbocycles. The van der Waals surface area contributed by atoms with Gasteiger partial charge in [0, 0.05) is 5.56 Å². The molecule has 21 heavy (non-hydrogen) atoms. The molecule has 0 heterocycles. The van der Waals surface area contributed by atoms with Crippen molar-refractivity contribution >= 4 is 0 Å². The van der Waals surface area contributed by atoms with Crippen LogP contribution in [0.15, 0.2) is 42.5 Å². The molecule has 1 atom stereocenters. The molecule has 0 aliphatic heterocycles. The number of hydrogen-bond donors (Lipinski definition) is 2. The van der Waals surface area contributed by atoms with Gasteiger partial charge in [0.05, 0.1) is 13.2 Å². The van der Waals surface area contributed by atoms with E-state index in [1.54, 1.807) is 7.11 Å². The first-order valence-electron chi connectivity index (χ1n) is 6.68. The van der Waals surface area contributed by atoms with Crippen LogP contribution in [-0.2, 0) is 6.42 Å². The molecule has 0 amide bonds. The Morgan fingerprint density at radius 3 is 2.24 bits per heavy atom. The number of hydrazine groups is 1. The molecule has 0 aliphatic carbocycles. The lowest BCUT2D eigenvalue weighted by Gasteiger charge is -2.17. The third-order valence-corrected chi connectivity index (χ3v) is 3.43. The van der Waals surface area contributed by atoms with Gasteiger partial charge in [-0.15, -0.1) is 0 Å². The van der Waals surface area contributed by atoms with Gasteiger partial charge in [-0.3, -0.25) is 11.3 Å². The van der Waals surface area contributed by atoms with Gasteiger partial charge in [-0.25, -0.2) is 8.78 Å². The topological polar surface area (TPSA) is 47.3 Å². The molecule has 0 saturated heterocycles. The Morgan fingerprint density at radius 2 is 1.71 bits per heavy atom. The summed E-state index contributed by atoms with van der Waals surface area (Å²) in [5, 5.41) is 0. The van der Waals surface area contributed by atoms with Crippen molar-refractivity contribution in [1.29, 1.82) is 0 Å². The number of nitrogens with two attached hydrogens (primary N) is 1. The van der Waals surface area contributed by atoms with Crippen molar-refractivity contribution < 1.29 is 13.5 Å². The van der Waals surface area contributed by atoms with Crippen LogP contribution in [0, 0.1) is 11.6 Å². The third-order valence-electron chi connectivity index (χ3n) is 3.43. The van der Waals surface area contributed by atoms with E-state index < -0.39 is 17.7 Å². The molecule has 0 radical (unpaired) electrons. The van der Waals surface area contributed by atoms with Crippen molar-refractivity contribution in [3.8, 4) is 5.75 Å². The first-order chi connectivity index (χ1) is 10.2. The predicted molar refractivity (Wildman–Crippen MR) is 77.7 cm³/mol. The second-order valence-corrected chi connectivity index (χ2v) is 4.74. The fraction of sp³-hybridized carbons (Fsp3) is 0.250. The number of halogens is 2. The number of benzene rings is 2. The Labute approximate surface area is 122 Å². The van der Waals surface area contributed by atoms with Crippen LogP contribution in [0.5, 0.6) is 5.75 Å². The van der Waals surface area contributed by atoms with Crippen molar-refractivity contribution in [2.45, 2.75) is 18.9 Å². The third kappa shape index (κ3) is 3.77. The molecule has 112 valence electrons. The van der Waals surface area contributed by atoms with Crippen LogP contribution in [0.4, 0.5) is 8.78 Å². The number of nitrogens with one attached hydrogen (secondary N) is 1. The maximum atomic E-state index is 13.8. The molecule has 3 nitrogen and oxygen atoms in total. The van der Waals surface area contributed by atoms with Gasteiger partial charge >= 0.3 is 0 Å². The standard InChI is InChI=1S/C16H18F2N2O/c1-21-12-8-5-11(6-9-12)7-10-15(20-19)16-13(17)3-2-4-14(16)18/h2-6,8-9,15,20H,7,10,19H2,1H3. The number of ether oxygens (including phenoxy) is 1. The Balaban J connectivity index is 2.08. The van der Waals surface area contributed by atoms with E-state index in [2.05, 4.69) is 5.43 Å². The van der Waals surface area contributed by atoms with Crippen LogP contribution < -0.4 is 16.0 Å². The summed E-state index contributed by atoms with van der Waals surface area (Å²) in [6.07, 6.45) is 1.13. The van der Waals surface area contributed by atoms with Crippen molar-refractivity contribution in [2.24, 2.45) is 5.84 Å². The minimum Gasteiger partial charge on any atom is -0.497 e. The van der Waals surface area contributed by atoms with Gasteiger partial charge in [0.2, 0.25) is 0 Å². The summed E-state index contributed by atoms with van der Waals surface area (Å²) in [4.78, 5) is 0. The molecule has 3 N–H and O–H groups in total. The molecule has 1 unspecified atom stereocenters. The summed E-state index contributed by atoms with van der Waals surface area (Å²) in [6, 6.07) is 10.8. The van der Waals surface area contributed by atoms with E-state index in [4.69, 9.17) is 10.6 Å². The molecular weight excluding hydrogens is 274 g/mol. The highest BCUT2D eigenvalue weighted by Crippen LogP contribution is 2.24. The second-order valence-electron chi connectivity index (χ2n) is 4.74. The quantitative estimate of drug-likeness (QED) is 0.635. The average Bonchev–Trinajstić information content (AvgIpc) is 2.50. The lowest BCUT2D eigenvalue weighted by Crippen LogP contribution is -2.30. The summed E-state index contributed by atoms with van der Waals surface area (Å²) in [6.45, 7) is 0. The summed E-state index contributed by atoms with van der Waals surface area (Å²) in [5.74, 6) is 5.04. The zero-order chi connectivity index (χ0) is 15.2. The van der Waals surface area contributed by atoms with E-state index in [1.165, 1.54) is 18.2 Å². The highest BCUT2D eigenvalue weighted by atomic mass is 19.1. The van der Waals surface area contributed by atoms with Crippen LogP contribution in [0.3, 0.4) is 0 Å². The van der Waals surface area contributed by atoms with E-state index in [9.17, 15) is 8.78 Å². The van der Waals surface area contributed by atoms with Gasteiger partial charge in [-0.1, -0.05) is 18.2 Å². The molecule has 0 aliphatic rings. The Kier molecular flexibility index (Phi) is 5.25. The van der Waals surface area contributed by atoms with E-state index in [1.807, 2.05) is 24.3 Å². The van der Waals surface area contributed by atoms with Crippen molar-refractivity contribution in [3.63, 3.8) is 0 Å². The van der Waals surface area contributed by atoms with Gasteiger partial charge in [0.15, 0.2) is 0 Å². The fourth-order valence-corrected chi connectivity index (χ4v) is 2.26. The van der Waals surface area contributed by atoms with E-state index in [0.717, 1.165) is 11.3 Å². The zero-order valence-electron chi connectivity index (χ0n) is 11.8. The number of aryl methyl sites for hydroxylation is 1. The Morgan fingerprint density at radius 1 is 1.10 bits per heavy atom. The molecule has 0 bridgehead atoms. The minimum absolute atomic E-state index is 0.0199. The van der Waals surface area contributed by atoms with Gasteiger partial charge in [-0.2, -0.15) is 0 Å². The number of rotatable bonds is 6. The normalized spacial score (nSPS) is 12.2. The molecule has 2 rings (SSSR count). The molecule has 5 heteroatoms. The first-order valence-corrected chi connectivity index (χ1v) is 6.68. The van der Waals surface area contributed by atoms with Crippen molar-refractivity contribution in [3.05, 3.63) is 65.2 Å². The number of hydrogen-bond acceptors (Lipinski definition) is 3. The van der Waals surface area contributed by atoms with Gasteiger partial charge in [-0.05, 0) is 42.7 Å².